The van der Waals surface area contributed by atoms with Crippen LogP contribution in [0.1, 0.15) is 71.4 Å². The lowest BCUT2D eigenvalue weighted by molar-refractivity contribution is -0.143. The van der Waals surface area contributed by atoms with Gasteiger partial charge in [0, 0.05) is 25.1 Å². The first-order valence-corrected chi connectivity index (χ1v) is 12.2. The number of aliphatic hydroxyl groups is 1. The van der Waals surface area contributed by atoms with Crippen molar-refractivity contribution in [2.75, 3.05) is 19.7 Å². The Morgan fingerprint density at radius 1 is 1.14 bits per heavy atom. The fourth-order valence-corrected chi connectivity index (χ4v) is 3.52. The molecule has 202 valence electrons. The number of nitrogens with two attached hydrogens (primary N) is 1. The van der Waals surface area contributed by atoms with Crippen LogP contribution in [0, 0.1) is 0 Å². The summed E-state index contributed by atoms with van der Waals surface area (Å²) in [5.41, 5.74) is 4.57. The predicted octanol–water partition coefficient (Wildman–Crippen LogP) is 1.72. The normalized spacial score (nSPS) is 12.8. The number of unbranched alkanes of at least 4 members (excludes halogenated alkanes) is 2. The maximum Gasteiger partial charge on any atom is 0.408 e. The van der Waals surface area contributed by atoms with E-state index in [0.717, 1.165) is 24.2 Å². The Bertz CT molecular complexity index is 885. The van der Waals surface area contributed by atoms with Gasteiger partial charge in [0.15, 0.2) is 0 Å². The lowest BCUT2D eigenvalue weighted by atomic mass is 10.0. The molecule has 0 saturated carbocycles. The summed E-state index contributed by atoms with van der Waals surface area (Å²) in [4.78, 5) is 51.9. The minimum Gasteiger partial charge on any atom is -0.508 e. The van der Waals surface area contributed by atoms with Crippen LogP contribution in [0.2, 0.25) is 0 Å². The second-order valence-corrected chi connectivity index (χ2v) is 9.42. The number of phenolic OH excluding ortho intramolecular Hbond substituents is 1. The lowest BCUT2D eigenvalue weighted by Gasteiger charge is -2.34. The second-order valence-electron chi connectivity index (χ2n) is 9.42. The molecule has 4 amide bonds. The van der Waals surface area contributed by atoms with Gasteiger partial charge in [-0.3, -0.25) is 14.4 Å². The largest absolute Gasteiger partial charge is 0.508 e. The summed E-state index contributed by atoms with van der Waals surface area (Å²) in [6.45, 7) is 6.58. The van der Waals surface area contributed by atoms with Gasteiger partial charge in [-0.05, 0) is 39.7 Å². The molecule has 0 aliphatic heterocycles. The fraction of sp³-hybridized carbons (Fsp3) is 0.600. The smallest absolute Gasteiger partial charge is 0.408 e. The van der Waals surface area contributed by atoms with Gasteiger partial charge in [-0.15, -0.1) is 0 Å². The highest BCUT2D eigenvalue weighted by atomic mass is 16.6. The molecule has 36 heavy (non-hydrogen) atoms. The number of carbonyl (C=O) groups excluding carboxylic acids is 4. The van der Waals surface area contributed by atoms with E-state index in [9.17, 15) is 29.4 Å². The Kier molecular flexibility index (Phi) is 12.7. The molecule has 1 aromatic rings. The van der Waals surface area contributed by atoms with Crippen LogP contribution in [-0.4, -0.2) is 70.3 Å². The number of nitrogens with zero attached hydrogens (tertiary/aromatic N) is 1. The van der Waals surface area contributed by atoms with E-state index >= 15 is 0 Å². The number of ether oxygens (including phenoxy) is 1. The Morgan fingerprint density at radius 2 is 1.81 bits per heavy atom. The zero-order valence-corrected chi connectivity index (χ0v) is 21.6. The van der Waals surface area contributed by atoms with E-state index in [1.54, 1.807) is 32.9 Å². The summed E-state index contributed by atoms with van der Waals surface area (Å²) in [5, 5.41) is 25.5. The first-order valence-electron chi connectivity index (χ1n) is 12.2. The number of benzene rings is 1. The van der Waals surface area contributed by atoms with Crippen molar-refractivity contribution in [2.45, 2.75) is 77.5 Å². The molecule has 0 heterocycles. The Balaban J connectivity index is 3.37. The number of carbonyl (C=O) groups is 4. The van der Waals surface area contributed by atoms with Gasteiger partial charge in [0.1, 0.15) is 23.4 Å². The highest BCUT2D eigenvalue weighted by Crippen LogP contribution is 2.30. The van der Waals surface area contributed by atoms with E-state index in [4.69, 9.17) is 10.5 Å². The van der Waals surface area contributed by atoms with Gasteiger partial charge in [-0.2, -0.15) is 0 Å². The van der Waals surface area contributed by atoms with E-state index in [2.05, 4.69) is 10.6 Å². The average Bonchev–Trinajstić information content (AvgIpc) is 2.78. The third-order valence-corrected chi connectivity index (χ3v) is 5.16. The molecule has 0 aliphatic carbocycles. The van der Waals surface area contributed by atoms with Crippen LogP contribution in [0.3, 0.4) is 0 Å². The Morgan fingerprint density at radius 3 is 2.36 bits per heavy atom. The van der Waals surface area contributed by atoms with Gasteiger partial charge in [0.25, 0.3) is 0 Å². The molecule has 11 nitrogen and oxygen atoms in total. The number of aliphatic hydroxyl groups excluding tert-OH is 1. The van der Waals surface area contributed by atoms with Gasteiger partial charge in [0.05, 0.1) is 6.61 Å². The number of primary amides is 1. The minimum atomic E-state index is -1.30. The van der Waals surface area contributed by atoms with Crippen molar-refractivity contribution in [3.8, 4) is 5.75 Å². The molecule has 6 N–H and O–H groups in total. The standard InChI is InChI=1S/C25H40N4O7/c1-5-6-9-14-27-22(33)21(17-10-7-8-11-19(17)31)29(15-16-30)23(34)18(12-13-20(26)32)28-24(35)36-25(2,3)4/h7-8,10-11,18,21,30-31H,5-6,9,12-16H2,1-4H3,(H2,26,32)(H,27,33)(H,28,35). The fourth-order valence-electron chi connectivity index (χ4n) is 3.52. The van der Waals surface area contributed by atoms with Crippen LogP contribution < -0.4 is 16.4 Å². The number of aromatic hydroxyl groups is 1. The van der Waals surface area contributed by atoms with Gasteiger partial charge in [0.2, 0.25) is 17.7 Å². The monoisotopic (exact) mass is 508 g/mol. The zero-order chi connectivity index (χ0) is 27.3. The van der Waals surface area contributed by atoms with Crippen LogP contribution in [0.15, 0.2) is 24.3 Å². The van der Waals surface area contributed by atoms with Crippen LogP contribution in [-0.2, 0) is 19.1 Å². The van der Waals surface area contributed by atoms with Crippen LogP contribution in [0.5, 0.6) is 5.75 Å². The van der Waals surface area contributed by atoms with Crippen molar-refractivity contribution in [3.05, 3.63) is 29.8 Å². The number of para-hydroxylation sites is 1. The van der Waals surface area contributed by atoms with Crippen molar-refractivity contribution in [2.24, 2.45) is 5.73 Å². The molecule has 1 rings (SSSR count). The molecule has 0 aliphatic rings. The molecule has 0 radical (unpaired) electrons. The third-order valence-electron chi connectivity index (χ3n) is 5.16. The molecule has 2 atom stereocenters. The molecule has 0 spiro atoms. The number of phenols is 1. The van der Waals surface area contributed by atoms with Crippen molar-refractivity contribution in [3.63, 3.8) is 0 Å². The Labute approximate surface area is 212 Å². The summed E-state index contributed by atoms with van der Waals surface area (Å²) in [6, 6.07) is 3.50. The topological polar surface area (TPSA) is 171 Å². The molecule has 1 aromatic carbocycles. The summed E-state index contributed by atoms with van der Waals surface area (Å²) < 4.78 is 5.25. The zero-order valence-electron chi connectivity index (χ0n) is 21.6. The maximum atomic E-state index is 13.7. The summed E-state index contributed by atoms with van der Waals surface area (Å²) in [5.74, 6) is -2.19. The van der Waals surface area contributed by atoms with Crippen molar-refractivity contribution < 1.29 is 34.1 Å². The highest BCUT2D eigenvalue weighted by Gasteiger charge is 2.37. The first-order chi connectivity index (χ1) is 16.9. The predicted molar refractivity (Wildman–Crippen MR) is 134 cm³/mol. The minimum absolute atomic E-state index is 0.151. The quantitative estimate of drug-likeness (QED) is 0.238. The van der Waals surface area contributed by atoms with E-state index in [1.165, 1.54) is 12.1 Å². The number of rotatable bonds is 14. The van der Waals surface area contributed by atoms with Gasteiger partial charge in [-0.1, -0.05) is 38.0 Å². The van der Waals surface area contributed by atoms with E-state index in [0.29, 0.717) is 6.54 Å². The van der Waals surface area contributed by atoms with Crippen LogP contribution >= 0.6 is 0 Å². The molecular weight excluding hydrogens is 468 g/mol. The molecule has 0 aromatic heterocycles. The molecule has 0 bridgehead atoms. The SMILES string of the molecule is CCCCCNC(=O)C(c1ccccc1O)N(CCO)C(=O)C(CCC(N)=O)NC(=O)OC(C)(C)C. The van der Waals surface area contributed by atoms with E-state index in [-0.39, 0.29) is 30.7 Å². The summed E-state index contributed by atoms with van der Waals surface area (Å²) >= 11 is 0. The summed E-state index contributed by atoms with van der Waals surface area (Å²) in [7, 11) is 0. The Hall–Kier alpha value is -3.34. The van der Waals surface area contributed by atoms with Crippen molar-refractivity contribution in [1.82, 2.24) is 15.5 Å². The van der Waals surface area contributed by atoms with Crippen molar-refractivity contribution in [1.29, 1.82) is 0 Å². The number of nitrogens with one attached hydrogen (secondary N) is 2. The van der Waals surface area contributed by atoms with Crippen LogP contribution in [0.25, 0.3) is 0 Å². The van der Waals surface area contributed by atoms with Crippen LogP contribution in [0.4, 0.5) is 4.79 Å². The third kappa shape index (κ3) is 10.5. The van der Waals surface area contributed by atoms with Crippen molar-refractivity contribution >= 4 is 23.8 Å². The average molecular weight is 509 g/mol. The number of amides is 4. The molecule has 2 unspecified atom stereocenters. The summed E-state index contributed by atoms with van der Waals surface area (Å²) in [6.07, 6.45) is 1.31. The van der Waals surface area contributed by atoms with E-state index in [1.807, 2.05) is 6.92 Å². The maximum absolute atomic E-state index is 13.7. The molecular formula is C25H40N4O7. The number of alkyl carbamates (subject to hydrolysis) is 1. The molecule has 0 fully saturated rings. The number of hydrogen-bond donors (Lipinski definition) is 5. The molecule has 0 saturated heterocycles. The second kappa shape index (κ2) is 14.9. The van der Waals surface area contributed by atoms with Gasteiger partial charge in [-0.25, -0.2) is 4.79 Å². The van der Waals surface area contributed by atoms with E-state index < -0.39 is 48.1 Å². The van der Waals surface area contributed by atoms with Gasteiger partial charge >= 0.3 is 6.09 Å². The molecule has 11 heteroatoms. The number of hydrogen-bond acceptors (Lipinski definition) is 7. The highest BCUT2D eigenvalue weighted by molar-refractivity contribution is 5.92. The lowest BCUT2D eigenvalue weighted by Crippen LogP contribution is -2.54. The first kappa shape index (κ1) is 30.7. The van der Waals surface area contributed by atoms with Gasteiger partial charge < -0.3 is 36.2 Å².